The maximum Gasteiger partial charge on any atom is 0.295 e. The highest BCUT2D eigenvalue weighted by Gasteiger charge is 2.47. The number of ether oxygens (including phenoxy) is 5. The maximum atomic E-state index is 13.4. The van der Waals surface area contributed by atoms with Crippen molar-refractivity contribution in [1.29, 1.82) is 0 Å². The summed E-state index contributed by atoms with van der Waals surface area (Å²) in [5.74, 6) is 0.218. The molecule has 0 aromatic heterocycles. The largest absolute Gasteiger partial charge is 0.507 e. The van der Waals surface area contributed by atoms with Gasteiger partial charge >= 0.3 is 0 Å². The summed E-state index contributed by atoms with van der Waals surface area (Å²) in [6.45, 7) is 2.80. The molecular weight excluding hydrogens is 478 g/mol. The quantitative estimate of drug-likeness (QED) is 0.343. The van der Waals surface area contributed by atoms with E-state index < -0.39 is 17.7 Å². The Morgan fingerprint density at radius 3 is 2.43 bits per heavy atom. The molecule has 2 saturated heterocycles. The van der Waals surface area contributed by atoms with Crippen LogP contribution in [0.1, 0.15) is 42.5 Å². The van der Waals surface area contributed by atoms with Crippen molar-refractivity contribution < 1.29 is 38.4 Å². The number of rotatable bonds is 7. The zero-order chi connectivity index (χ0) is 26.3. The molecule has 2 aromatic carbocycles. The molecule has 9 nitrogen and oxygen atoms in total. The van der Waals surface area contributed by atoms with E-state index in [1.165, 1.54) is 26.2 Å². The molecule has 3 aliphatic rings. The van der Waals surface area contributed by atoms with Gasteiger partial charge in [-0.2, -0.15) is 0 Å². The van der Waals surface area contributed by atoms with Gasteiger partial charge in [0.15, 0.2) is 11.5 Å². The van der Waals surface area contributed by atoms with Crippen molar-refractivity contribution in [3.8, 4) is 23.0 Å². The van der Waals surface area contributed by atoms with Gasteiger partial charge < -0.3 is 33.7 Å². The van der Waals surface area contributed by atoms with E-state index in [4.69, 9.17) is 23.7 Å². The first-order valence-electron chi connectivity index (χ1n) is 12.4. The van der Waals surface area contributed by atoms with Gasteiger partial charge in [0.25, 0.3) is 11.7 Å². The van der Waals surface area contributed by atoms with Crippen molar-refractivity contribution in [3.63, 3.8) is 0 Å². The normalized spacial score (nSPS) is 24.2. The Kier molecular flexibility index (Phi) is 6.72. The predicted molar refractivity (Wildman–Crippen MR) is 134 cm³/mol. The van der Waals surface area contributed by atoms with Crippen LogP contribution in [0.15, 0.2) is 35.9 Å². The summed E-state index contributed by atoms with van der Waals surface area (Å²) in [6, 6.07) is 7.82. The van der Waals surface area contributed by atoms with Crippen LogP contribution in [0.3, 0.4) is 0 Å². The molecule has 3 atom stereocenters. The van der Waals surface area contributed by atoms with E-state index in [0.29, 0.717) is 41.4 Å². The van der Waals surface area contributed by atoms with Gasteiger partial charge in [0, 0.05) is 25.1 Å². The van der Waals surface area contributed by atoms with E-state index in [-0.39, 0.29) is 30.1 Å². The van der Waals surface area contributed by atoms with Gasteiger partial charge in [-0.15, -0.1) is 0 Å². The number of methoxy groups -OCH3 is 3. The van der Waals surface area contributed by atoms with Crippen LogP contribution in [0, 0.1) is 0 Å². The van der Waals surface area contributed by atoms with Gasteiger partial charge in [0.05, 0.1) is 39.0 Å². The number of nitrogens with zero attached hydrogens (tertiary/aromatic N) is 1. The lowest BCUT2D eigenvalue weighted by Crippen LogP contribution is -2.36. The number of carbonyl (C=O) groups is 2. The van der Waals surface area contributed by atoms with Crippen LogP contribution in [0.25, 0.3) is 5.76 Å². The van der Waals surface area contributed by atoms with E-state index in [1.807, 2.05) is 13.0 Å². The van der Waals surface area contributed by atoms with Gasteiger partial charge in [0.2, 0.25) is 5.75 Å². The smallest absolute Gasteiger partial charge is 0.295 e. The molecule has 1 N–H and O–H groups in total. The molecular formula is C28H31NO8. The molecule has 3 aliphatic heterocycles. The molecule has 0 spiro atoms. The van der Waals surface area contributed by atoms with Gasteiger partial charge in [-0.25, -0.2) is 0 Å². The van der Waals surface area contributed by atoms with Crippen LogP contribution in [0.2, 0.25) is 0 Å². The van der Waals surface area contributed by atoms with Crippen molar-refractivity contribution >= 4 is 17.4 Å². The third kappa shape index (κ3) is 4.37. The number of aliphatic hydroxyl groups excluding tert-OH is 1. The van der Waals surface area contributed by atoms with E-state index in [9.17, 15) is 14.7 Å². The number of aliphatic hydroxyl groups is 1. The summed E-state index contributed by atoms with van der Waals surface area (Å²) in [5.41, 5.74) is 1.94. The van der Waals surface area contributed by atoms with Gasteiger partial charge in [-0.05, 0) is 61.2 Å². The summed E-state index contributed by atoms with van der Waals surface area (Å²) in [6.07, 6.45) is 2.21. The molecule has 1 amide bonds. The number of ketones is 1. The maximum absolute atomic E-state index is 13.4. The number of hydrogen-bond acceptors (Lipinski definition) is 8. The topological polar surface area (TPSA) is 104 Å². The second kappa shape index (κ2) is 9.97. The molecule has 0 radical (unpaired) electrons. The van der Waals surface area contributed by atoms with E-state index in [1.54, 1.807) is 24.3 Å². The summed E-state index contributed by atoms with van der Waals surface area (Å²) in [7, 11) is 4.50. The number of benzene rings is 2. The van der Waals surface area contributed by atoms with E-state index in [2.05, 4.69) is 0 Å². The SMILES string of the molecule is COc1cc([C@@H]2C(=C(O)c3ccc4c(c3)C[C@@H](C)O4)C(=O)C(=O)N2C[C@@H]2CCCO2)cc(OC)c1OC. The number of hydrogen-bond donors (Lipinski definition) is 1. The zero-order valence-corrected chi connectivity index (χ0v) is 21.4. The fourth-order valence-corrected chi connectivity index (χ4v) is 5.41. The highest BCUT2D eigenvalue weighted by atomic mass is 16.5. The Labute approximate surface area is 215 Å². The van der Waals surface area contributed by atoms with Crippen LogP contribution < -0.4 is 18.9 Å². The molecule has 9 heteroatoms. The van der Waals surface area contributed by atoms with Gasteiger partial charge in [-0.1, -0.05) is 0 Å². The number of amides is 1. The lowest BCUT2D eigenvalue weighted by molar-refractivity contribution is -0.140. The zero-order valence-electron chi connectivity index (χ0n) is 21.4. The monoisotopic (exact) mass is 509 g/mol. The molecule has 196 valence electrons. The first kappa shape index (κ1) is 25.0. The van der Waals surface area contributed by atoms with Crippen molar-refractivity contribution in [2.45, 2.75) is 44.4 Å². The Hall–Kier alpha value is -3.72. The second-order valence-electron chi connectivity index (χ2n) is 9.50. The standard InChI is InChI=1S/C28H31NO8/c1-15-10-17-11-16(7-8-20(17)37-15)25(30)23-24(18-12-21(33-2)27(35-4)22(13-18)34-3)29(28(32)26(23)31)14-19-6-5-9-36-19/h7-8,11-13,15,19,24,30H,5-6,9-10,14H2,1-4H3/t15-,19+,24-/m1/s1. The first-order valence-corrected chi connectivity index (χ1v) is 12.4. The van der Waals surface area contributed by atoms with Crippen LogP contribution in [0.5, 0.6) is 23.0 Å². The second-order valence-corrected chi connectivity index (χ2v) is 9.50. The lowest BCUT2D eigenvalue weighted by atomic mass is 9.93. The Morgan fingerprint density at radius 2 is 1.81 bits per heavy atom. The molecule has 37 heavy (non-hydrogen) atoms. The molecule has 0 saturated carbocycles. The van der Waals surface area contributed by atoms with E-state index >= 15 is 0 Å². The lowest BCUT2D eigenvalue weighted by Gasteiger charge is -2.28. The molecule has 2 aromatic rings. The summed E-state index contributed by atoms with van der Waals surface area (Å²) >= 11 is 0. The van der Waals surface area contributed by atoms with Crippen molar-refractivity contribution in [2.75, 3.05) is 34.5 Å². The van der Waals surface area contributed by atoms with Gasteiger partial charge in [-0.3, -0.25) is 9.59 Å². The van der Waals surface area contributed by atoms with Crippen LogP contribution in [0.4, 0.5) is 0 Å². The molecule has 2 fully saturated rings. The molecule has 3 heterocycles. The van der Waals surface area contributed by atoms with E-state index in [0.717, 1.165) is 24.2 Å². The van der Waals surface area contributed by atoms with Crippen LogP contribution >= 0.6 is 0 Å². The van der Waals surface area contributed by atoms with Crippen molar-refractivity contribution in [1.82, 2.24) is 4.90 Å². The average molecular weight is 510 g/mol. The molecule has 0 unspecified atom stereocenters. The predicted octanol–water partition coefficient (Wildman–Crippen LogP) is 3.64. The number of fused-ring (bicyclic) bond motifs is 1. The molecule has 0 aliphatic carbocycles. The summed E-state index contributed by atoms with van der Waals surface area (Å²) < 4.78 is 28.1. The Bertz CT molecular complexity index is 1240. The third-order valence-corrected chi connectivity index (χ3v) is 7.14. The van der Waals surface area contributed by atoms with Crippen LogP contribution in [-0.4, -0.2) is 68.4 Å². The highest BCUT2D eigenvalue weighted by Crippen LogP contribution is 2.46. The number of likely N-dealkylation sites (tertiary alicyclic amines) is 1. The first-order chi connectivity index (χ1) is 17.9. The minimum Gasteiger partial charge on any atom is -0.507 e. The van der Waals surface area contributed by atoms with Crippen molar-refractivity contribution in [2.24, 2.45) is 0 Å². The summed E-state index contributed by atoms with van der Waals surface area (Å²) in [5, 5.41) is 11.5. The molecule has 0 bridgehead atoms. The number of Topliss-reactive ketones (excluding diaryl/α,β-unsaturated/α-hetero) is 1. The summed E-state index contributed by atoms with van der Waals surface area (Å²) in [4.78, 5) is 28.3. The number of carbonyl (C=O) groups excluding carboxylic acids is 2. The van der Waals surface area contributed by atoms with Crippen LogP contribution in [-0.2, 0) is 20.7 Å². The van der Waals surface area contributed by atoms with Crippen molar-refractivity contribution in [3.05, 3.63) is 52.6 Å². The Morgan fingerprint density at radius 1 is 1.08 bits per heavy atom. The third-order valence-electron chi connectivity index (χ3n) is 7.14. The minimum atomic E-state index is -0.874. The highest BCUT2D eigenvalue weighted by molar-refractivity contribution is 6.46. The average Bonchev–Trinajstić information content (AvgIpc) is 3.61. The fourth-order valence-electron chi connectivity index (χ4n) is 5.41. The Balaban J connectivity index is 1.66. The molecule has 5 rings (SSSR count). The fraction of sp³-hybridized carbons (Fsp3) is 0.429. The van der Waals surface area contributed by atoms with Gasteiger partial charge in [0.1, 0.15) is 17.6 Å². The minimum absolute atomic E-state index is 0.00387.